The van der Waals surface area contributed by atoms with Crippen LogP contribution < -0.4 is 16.2 Å². The first kappa shape index (κ1) is 11.7. The molecule has 0 bridgehead atoms. The monoisotopic (exact) mass is 211 g/mol. The molecular weight excluding hydrogens is 194 g/mol. The fraction of sp³-hybridized carbons (Fsp3) is 0.556. The number of nitrogens with one attached hydrogen (secondary N) is 1. The molecule has 0 unspecified atom stereocenters. The number of nitrogen functional groups attached to an aromatic ring is 1. The zero-order valence-electron chi connectivity index (χ0n) is 8.85. The standard InChI is InChI=1S/C9H17N5O/c1-2-14(4-3-5-15)9-6-8(13-10)11-7-12-9/h6-7,15H,2-5,10H2,1H3,(H,11,12,13). The number of hydrogen-bond acceptors (Lipinski definition) is 6. The van der Waals surface area contributed by atoms with Gasteiger partial charge in [-0.2, -0.15) is 0 Å². The van der Waals surface area contributed by atoms with Gasteiger partial charge in [0.05, 0.1) is 0 Å². The number of anilines is 2. The maximum absolute atomic E-state index is 8.77. The number of hydrazine groups is 1. The first-order valence-electron chi connectivity index (χ1n) is 4.96. The van der Waals surface area contributed by atoms with E-state index in [-0.39, 0.29) is 6.61 Å². The molecule has 0 saturated carbocycles. The van der Waals surface area contributed by atoms with Gasteiger partial charge < -0.3 is 15.4 Å². The summed E-state index contributed by atoms with van der Waals surface area (Å²) in [4.78, 5) is 10.1. The van der Waals surface area contributed by atoms with Crippen LogP contribution in [0.2, 0.25) is 0 Å². The molecule has 0 spiro atoms. The van der Waals surface area contributed by atoms with E-state index in [0.29, 0.717) is 5.82 Å². The van der Waals surface area contributed by atoms with E-state index in [1.54, 1.807) is 6.07 Å². The van der Waals surface area contributed by atoms with Crippen molar-refractivity contribution in [2.45, 2.75) is 13.3 Å². The average Bonchev–Trinajstić information content (AvgIpc) is 2.30. The summed E-state index contributed by atoms with van der Waals surface area (Å²) in [6, 6.07) is 1.78. The molecule has 6 heteroatoms. The van der Waals surface area contributed by atoms with Gasteiger partial charge in [0.2, 0.25) is 0 Å². The van der Waals surface area contributed by atoms with Crippen molar-refractivity contribution in [2.24, 2.45) is 5.84 Å². The molecule has 0 aliphatic carbocycles. The lowest BCUT2D eigenvalue weighted by molar-refractivity contribution is 0.289. The molecule has 84 valence electrons. The highest BCUT2D eigenvalue weighted by Crippen LogP contribution is 2.13. The van der Waals surface area contributed by atoms with Gasteiger partial charge in [0.25, 0.3) is 0 Å². The van der Waals surface area contributed by atoms with Crippen molar-refractivity contribution < 1.29 is 5.11 Å². The summed E-state index contributed by atoms with van der Waals surface area (Å²) in [6.07, 6.45) is 2.19. The molecule has 15 heavy (non-hydrogen) atoms. The average molecular weight is 211 g/mol. The second-order valence-electron chi connectivity index (χ2n) is 3.06. The van der Waals surface area contributed by atoms with E-state index in [4.69, 9.17) is 10.9 Å². The number of nitrogens with two attached hydrogens (primary N) is 1. The quantitative estimate of drug-likeness (QED) is 0.452. The second-order valence-corrected chi connectivity index (χ2v) is 3.06. The van der Waals surface area contributed by atoms with Crippen LogP contribution in [0.5, 0.6) is 0 Å². The first-order chi connectivity index (χ1) is 7.31. The van der Waals surface area contributed by atoms with Gasteiger partial charge >= 0.3 is 0 Å². The fourth-order valence-corrected chi connectivity index (χ4v) is 1.30. The molecule has 6 nitrogen and oxygen atoms in total. The van der Waals surface area contributed by atoms with Gasteiger partial charge in [-0.25, -0.2) is 15.8 Å². The van der Waals surface area contributed by atoms with Crippen LogP contribution >= 0.6 is 0 Å². The molecule has 1 aromatic heterocycles. The third kappa shape index (κ3) is 3.34. The zero-order chi connectivity index (χ0) is 11.1. The second kappa shape index (κ2) is 6.15. The van der Waals surface area contributed by atoms with Gasteiger partial charge in [0, 0.05) is 25.8 Å². The molecule has 0 atom stereocenters. The van der Waals surface area contributed by atoms with Crippen molar-refractivity contribution in [3.05, 3.63) is 12.4 Å². The van der Waals surface area contributed by atoms with Gasteiger partial charge in [-0.3, -0.25) is 0 Å². The summed E-state index contributed by atoms with van der Waals surface area (Å²) in [6.45, 7) is 3.83. The summed E-state index contributed by atoms with van der Waals surface area (Å²) in [5, 5.41) is 8.77. The maximum atomic E-state index is 8.77. The predicted molar refractivity (Wildman–Crippen MR) is 59.4 cm³/mol. The third-order valence-corrected chi connectivity index (χ3v) is 2.09. The van der Waals surface area contributed by atoms with Crippen molar-refractivity contribution in [3.63, 3.8) is 0 Å². The molecular formula is C9H17N5O. The molecule has 0 saturated heterocycles. The van der Waals surface area contributed by atoms with Crippen LogP contribution in [0, 0.1) is 0 Å². The molecule has 0 aliphatic heterocycles. The van der Waals surface area contributed by atoms with Gasteiger partial charge in [0.1, 0.15) is 18.0 Å². The number of aliphatic hydroxyl groups is 1. The summed E-state index contributed by atoms with van der Waals surface area (Å²) < 4.78 is 0. The molecule has 0 radical (unpaired) electrons. The Labute approximate surface area is 89.1 Å². The molecule has 0 amide bonds. The van der Waals surface area contributed by atoms with E-state index in [1.165, 1.54) is 6.33 Å². The molecule has 1 heterocycles. The van der Waals surface area contributed by atoms with E-state index in [2.05, 4.69) is 20.3 Å². The molecule has 0 aliphatic rings. The van der Waals surface area contributed by atoms with Gasteiger partial charge in [-0.05, 0) is 13.3 Å². The first-order valence-corrected chi connectivity index (χ1v) is 4.96. The van der Waals surface area contributed by atoms with E-state index in [0.717, 1.165) is 25.3 Å². The van der Waals surface area contributed by atoms with Crippen molar-refractivity contribution in [1.82, 2.24) is 9.97 Å². The number of rotatable bonds is 6. The Morgan fingerprint density at radius 3 is 2.93 bits per heavy atom. The lowest BCUT2D eigenvalue weighted by Gasteiger charge is -2.21. The van der Waals surface area contributed by atoms with Crippen LogP contribution in [0.3, 0.4) is 0 Å². The molecule has 4 N–H and O–H groups in total. The van der Waals surface area contributed by atoms with Gasteiger partial charge in [-0.15, -0.1) is 0 Å². The van der Waals surface area contributed by atoms with Crippen LogP contribution in [0.15, 0.2) is 12.4 Å². The smallest absolute Gasteiger partial charge is 0.145 e. The minimum Gasteiger partial charge on any atom is -0.396 e. The van der Waals surface area contributed by atoms with Crippen LogP contribution in [-0.4, -0.2) is 34.8 Å². The Balaban J connectivity index is 2.72. The largest absolute Gasteiger partial charge is 0.396 e. The van der Waals surface area contributed by atoms with Gasteiger partial charge in [-0.1, -0.05) is 0 Å². The Morgan fingerprint density at radius 1 is 1.53 bits per heavy atom. The van der Waals surface area contributed by atoms with Crippen molar-refractivity contribution in [2.75, 3.05) is 30.0 Å². The Bertz CT molecular complexity index is 294. The van der Waals surface area contributed by atoms with E-state index in [9.17, 15) is 0 Å². The Morgan fingerprint density at radius 2 is 2.33 bits per heavy atom. The Hall–Kier alpha value is -1.40. The summed E-state index contributed by atoms with van der Waals surface area (Å²) >= 11 is 0. The Kier molecular flexibility index (Phi) is 4.79. The van der Waals surface area contributed by atoms with Crippen molar-refractivity contribution >= 4 is 11.6 Å². The number of aliphatic hydroxyl groups excluding tert-OH is 1. The number of aromatic nitrogens is 2. The topological polar surface area (TPSA) is 87.3 Å². The van der Waals surface area contributed by atoms with Crippen LogP contribution in [0.4, 0.5) is 11.6 Å². The molecule has 0 fully saturated rings. The highest BCUT2D eigenvalue weighted by molar-refractivity contribution is 5.47. The highest BCUT2D eigenvalue weighted by Gasteiger charge is 2.05. The van der Waals surface area contributed by atoms with E-state index >= 15 is 0 Å². The molecule has 1 rings (SSSR count). The lowest BCUT2D eigenvalue weighted by Crippen LogP contribution is -2.26. The molecule has 0 aromatic carbocycles. The van der Waals surface area contributed by atoms with Crippen LogP contribution in [0.25, 0.3) is 0 Å². The lowest BCUT2D eigenvalue weighted by atomic mass is 10.3. The predicted octanol–water partition coefficient (Wildman–Crippen LogP) is -0.0291. The summed E-state index contributed by atoms with van der Waals surface area (Å²) in [5.41, 5.74) is 2.48. The normalized spacial score (nSPS) is 10.1. The zero-order valence-corrected chi connectivity index (χ0v) is 8.85. The van der Waals surface area contributed by atoms with E-state index in [1.807, 2.05) is 6.92 Å². The highest BCUT2D eigenvalue weighted by atomic mass is 16.3. The van der Waals surface area contributed by atoms with E-state index < -0.39 is 0 Å². The summed E-state index contributed by atoms with van der Waals surface area (Å²) in [7, 11) is 0. The maximum Gasteiger partial charge on any atom is 0.145 e. The minimum atomic E-state index is 0.184. The van der Waals surface area contributed by atoms with Crippen molar-refractivity contribution in [1.29, 1.82) is 0 Å². The number of hydrogen-bond donors (Lipinski definition) is 3. The SMILES string of the molecule is CCN(CCCO)c1cc(NN)ncn1. The van der Waals surface area contributed by atoms with Crippen LogP contribution in [0.1, 0.15) is 13.3 Å². The fourth-order valence-electron chi connectivity index (χ4n) is 1.30. The van der Waals surface area contributed by atoms with Crippen LogP contribution in [-0.2, 0) is 0 Å². The third-order valence-electron chi connectivity index (χ3n) is 2.09. The number of nitrogens with zero attached hydrogens (tertiary/aromatic N) is 3. The molecule has 1 aromatic rings. The minimum absolute atomic E-state index is 0.184. The summed E-state index contributed by atoms with van der Waals surface area (Å²) in [5.74, 6) is 6.66. The van der Waals surface area contributed by atoms with Crippen molar-refractivity contribution in [3.8, 4) is 0 Å². The van der Waals surface area contributed by atoms with Gasteiger partial charge in [0.15, 0.2) is 0 Å².